The van der Waals surface area contributed by atoms with Crippen molar-refractivity contribution in [1.29, 1.82) is 0 Å². The van der Waals surface area contributed by atoms with Gasteiger partial charge in [-0.15, -0.1) is 0 Å². The smallest absolute Gasteiger partial charge is 0.300 e. The van der Waals surface area contributed by atoms with E-state index in [1.807, 2.05) is 37.3 Å². The van der Waals surface area contributed by atoms with E-state index in [9.17, 15) is 14.7 Å². The molecule has 1 amide bonds. The fraction of sp³-hybridized carbons (Fsp3) is 0.310. The van der Waals surface area contributed by atoms with E-state index in [-0.39, 0.29) is 17.4 Å². The molecule has 2 atom stereocenters. The predicted molar refractivity (Wildman–Crippen MR) is 140 cm³/mol. The molecule has 2 saturated heterocycles. The minimum absolute atomic E-state index is 0.00927. The average Bonchev–Trinajstić information content (AvgIpc) is 3.62. The molecule has 190 valence electrons. The fourth-order valence-corrected chi connectivity index (χ4v) is 5.43. The number of ketones is 1. The van der Waals surface area contributed by atoms with Gasteiger partial charge in [-0.05, 0) is 74.1 Å². The summed E-state index contributed by atoms with van der Waals surface area (Å²) >= 11 is 0. The number of hydrogen-bond donors (Lipinski definition) is 1. The summed E-state index contributed by atoms with van der Waals surface area (Å²) in [4.78, 5) is 32.7. The van der Waals surface area contributed by atoms with Gasteiger partial charge in [0.25, 0.3) is 11.7 Å². The Bertz CT molecular complexity index is 1370. The molecule has 4 heterocycles. The molecule has 37 heavy (non-hydrogen) atoms. The number of ether oxygens (including phenoxy) is 1. The minimum atomic E-state index is -0.882. The van der Waals surface area contributed by atoms with Crippen LogP contribution in [0.4, 0.5) is 11.4 Å². The number of anilines is 2. The topological polar surface area (TPSA) is 86.5 Å². The number of benzene rings is 2. The molecule has 2 unspecified atom stereocenters. The van der Waals surface area contributed by atoms with Crippen molar-refractivity contribution in [3.63, 3.8) is 0 Å². The molecule has 1 N–H and O–H groups in total. The van der Waals surface area contributed by atoms with E-state index in [0.29, 0.717) is 23.4 Å². The standard InChI is InChI=1S/C29H29N3O5/c1-18-16-20-17-19(5-10-23(20)37-18)27(33)25-26(24-4-3-15-36-24)32(29(35)28(25)34)22-8-6-21(7-9-22)31-13-11-30(2)12-14-31/h3-10,15,17-18,26,33H,11-14,16H2,1-2H3/b27-25-. The van der Waals surface area contributed by atoms with Crippen LogP contribution in [-0.2, 0) is 16.0 Å². The number of piperazine rings is 1. The van der Waals surface area contributed by atoms with Crippen molar-refractivity contribution < 1.29 is 23.8 Å². The molecule has 3 aliphatic heterocycles. The van der Waals surface area contributed by atoms with Crippen LogP contribution in [-0.4, -0.2) is 61.0 Å². The number of likely N-dealkylation sites (N-methyl/N-ethyl adjacent to an activating group) is 1. The van der Waals surface area contributed by atoms with Crippen molar-refractivity contribution in [2.24, 2.45) is 0 Å². The third-order valence-electron chi connectivity index (χ3n) is 7.42. The van der Waals surface area contributed by atoms with Crippen LogP contribution < -0.4 is 14.5 Å². The Morgan fingerprint density at radius 3 is 2.41 bits per heavy atom. The van der Waals surface area contributed by atoms with Gasteiger partial charge in [0.1, 0.15) is 29.4 Å². The van der Waals surface area contributed by atoms with E-state index in [4.69, 9.17) is 9.15 Å². The number of furan rings is 1. The molecule has 0 radical (unpaired) electrons. The zero-order valence-electron chi connectivity index (χ0n) is 20.9. The van der Waals surface area contributed by atoms with Gasteiger partial charge in [0.2, 0.25) is 0 Å². The van der Waals surface area contributed by atoms with Gasteiger partial charge in [0.15, 0.2) is 0 Å². The normalized spacial score (nSPS) is 23.4. The molecule has 0 bridgehead atoms. The first-order valence-corrected chi connectivity index (χ1v) is 12.6. The second-order valence-electron chi connectivity index (χ2n) is 9.95. The Hall–Kier alpha value is -4.04. The van der Waals surface area contributed by atoms with Gasteiger partial charge in [0.05, 0.1) is 11.8 Å². The maximum Gasteiger partial charge on any atom is 0.300 e. The minimum Gasteiger partial charge on any atom is -0.507 e. The highest BCUT2D eigenvalue weighted by molar-refractivity contribution is 6.51. The molecule has 0 spiro atoms. The van der Waals surface area contributed by atoms with Crippen molar-refractivity contribution in [3.05, 3.63) is 83.3 Å². The van der Waals surface area contributed by atoms with Crippen LogP contribution in [0.15, 0.2) is 70.9 Å². The zero-order valence-corrected chi connectivity index (χ0v) is 20.9. The SMILES string of the molecule is CC1Cc2cc(/C(O)=C3/C(=O)C(=O)N(c4ccc(N5CCN(C)CC5)cc4)C3c3ccco3)ccc2O1. The largest absolute Gasteiger partial charge is 0.507 e. The summed E-state index contributed by atoms with van der Waals surface area (Å²) in [5.74, 6) is -0.492. The van der Waals surface area contributed by atoms with Crippen molar-refractivity contribution >= 4 is 28.8 Å². The first-order chi connectivity index (χ1) is 17.9. The van der Waals surface area contributed by atoms with Crippen LogP contribution in [0.25, 0.3) is 5.76 Å². The number of fused-ring (bicyclic) bond motifs is 1. The summed E-state index contributed by atoms with van der Waals surface area (Å²) in [5.41, 5.74) is 3.07. The lowest BCUT2D eigenvalue weighted by Crippen LogP contribution is -2.44. The van der Waals surface area contributed by atoms with Gasteiger partial charge in [-0.25, -0.2) is 0 Å². The first-order valence-electron chi connectivity index (χ1n) is 12.6. The van der Waals surface area contributed by atoms with Crippen LogP contribution in [0.1, 0.15) is 29.9 Å². The monoisotopic (exact) mass is 499 g/mol. The Kier molecular flexibility index (Phi) is 5.76. The number of carbonyl (C=O) groups is 2. The van der Waals surface area contributed by atoms with E-state index in [0.717, 1.165) is 43.2 Å². The first kappa shape index (κ1) is 23.4. The van der Waals surface area contributed by atoms with E-state index >= 15 is 0 Å². The summed E-state index contributed by atoms with van der Waals surface area (Å²) in [5, 5.41) is 11.4. The lowest BCUT2D eigenvalue weighted by atomic mass is 9.97. The summed E-state index contributed by atoms with van der Waals surface area (Å²) in [7, 11) is 2.11. The van der Waals surface area contributed by atoms with Gasteiger partial charge in [-0.3, -0.25) is 14.5 Å². The molecule has 3 aromatic rings. The number of nitrogens with zero attached hydrogens (tertiary/aromatic N) is 3. The molecule has 0 aliphatic carbocycles. The van der Waals surface area contributed by atoms with Crippen LogP contribution in [0.2, 0.25) is 0 Å². The van der Waals surface area contributed by atoms with E-state index < -0.39 is 17.7 Å². The summed E-state index contributed by atoms with van der Waals surface area (Å²) < 4.78 is 11.4. The zero-order chi connectivity index (χ0) is 25.7. The van der Waals surface area contributed by atoms with Crippen LogP contribution in [0, 0.1) is 0 Å². The van der Waals surface area contributed by atoms with Gasteiger partial charge in [0, 0.05) is 49.5 Å². The maximum absolute atomic E-state index is 13.4. The third kappa shape index (κ3) is 4.07. The molecular weight excluding hydrogens is 470 g/mol. The molecule has 1 aromatic heterocycles. The Labute approximate surface area is 215 Å². The van der Waals surface area contributed by atoms with Gasteiger partial charge < -0.3 is 24.1 Å². The van der Waals surface area contributed by atoms with E-state index in [1.54, 1.807) is 24.3 Å². The Morgan fingerprint density at radius 1 is 0.973 bits per heavy atom. The average molecular weight is 500 g/mol. The number of amides is 1. The lowest BCUT2D eigenvalue weighted by Gasteiger charge is -2.34. The van der Waals surface area contributed by atoms with Gasteiger partial charge in [-0.2, -0.15) is 0 Å². The van der Waals surface area contributed by atoms with Crippen molar-refractivity contribution in [2.75, 3.05) is 43.0 Å². The molecule has 8 heteroatoms. The summed E-state index contributed by atoms with van der Waals surface area (Å²) in [6.45, 7) is 5.82. The van der Waals surface area contributed by atoms with Crippen molar-refractivity contribution in [1.82, 2.24) is 4.90 Å². The highest BCUT2D eigenvalue weighted by Crippen LogP contribution is 2.43. The second kappa shape index (κ2) is 9.12. The van der Waals surface area contributed by atoms with Gasteiger partial charge >= 0.3 is 0 Å². The maximum atomic E-state index is 13.4. The molecule has 8 nitrogen and oxygen atoms in total. The number of rotatable bonds is 4. The van der Waals surface area contributed by atoms with E-state index in [2.05, 4.69) is 16.8 Å². The van der Waals surface area contributed by atoms with Crippen LogP contribution in [0.5, 0.6) is 5.75 Å². The summed E-state index contributed by atoms with van der Waals surface area (Å²) in [6.07, 6.45) is 2.27. The number of hydrogen-bond acceptors (Lipinski definition) is 7. The quantitative estimate of drug-likeness (QED) is 0.330. The fourth-order valence-electron chi connectivity index (χ4n) is 5.43. The van der Waals surface area contributed by atoms with Crippen molar-refractivity contribution in [2.45, 2.75) is 25.5 Å². The Morgan fingerprint density at radius 2 is 1.70 bits per heavy atom. The van der Waals surface area contributed by atoms with Crippen molar-refractivity contribution in [3.8, 4) is 5.75 Å². The van der Waals surface area contributed by atoms with Crippen LogP contribution >= 0.6 is 0 Å². The molecular formula is C29H29N3O5. The highest BCUT2D eigenvalue weighted by Gasteiger charge is 2.48. The molecule has 2 fully saturated rings. The number of aliphatic hydroxyl groups excluding tert-OH is 1. The second-order valence-corrected chi connectivity index (χ2v) is 9.95. The number of carbonyl (C=O) groups excluding carboxylic acids is 2. The molecule has 0 saturated carbocycles. The number of aliphatic hydroxyl groups is 1. The van der Waals surface area contributed by atoms with E-state index in [1.165, 1.54) is 11.2 Å². The summed E-state index contributed by atoms with van der Waals surface area (Å²) in [6, 6.07) is 15.5. The van der Waals surface area contributed by atoms with Crippen LogP contribution in [0.3, 0.4) is 0 Å². The molecule has 3 aliphatic rings. The molecule has 2 aromatic carbocycles. The third-order valence-corrected chi connectivity index (χ3v) is 7.42. The van der Waals surface area contributed by atoms with Gasteiger partial charge in [-0.1, -0.05) is 0 Å². The predicted octanol–water partition coefficient (Wildman–Crippen LogP) is 3.98. The highest BCUT2D eigenvalue weighted by atomic mass is 16.5. The molecule has 6 rings (SSSR count). The lowest BCUT2D eigenvalue weighted by molar-refractivity contribution is -0.132. The number of Topliss-reactive ketones (excluding diaryl/α,β-unsaturated/α-hetero) is 1. The Balaban J connectivity index is 1.38.